The molecule has 0 aliphatic carbocycles. The van der Waals surface area contributed by atoms with Gasteiger partial charge >= 0.3 is 0 Å². The van der Waals surface area contributed by atoms with Crippen molar-refractivity contribution in [3.05, 3.63) is 35.9 Å². The summed E-state index contributed by atoms with van der Waals surface area (Å²) in [6.45, 7) is 3.62. The van der Waals surface area contributed by atoms with E-state index in [1.54, 1.807) is 0 Å². The highest BCUT2D eigenvalue weighted by Crippen LogP contribution is 2.19. The largest absolute Gasteiger partial charge is 0.396 e. The number of rotatable bonds is 5. The van der Waals surface area contributed by atoms with E-state index in [0.717, 1.165) is 38.9 Å². The van der Waals surface area contributed by atoms with Gasteiger partial charge in [-0.1, -0.05) is 30.3 Å². The van der Waals surface area contributed by atoms with Gasteiger partial charge in [0.2, 0.25) is 0 Å². The molecule has 3 heteroatoms. The number of likely N-dealkylation sites (tertiary alicyclic amines) is 1. The third-order valence-corrected chi connectivity index (χ3v) is 3.95. The van der Waals surface area contributed by atoms with Gasteiger partial charge in [-0.2, -0.15) is 0 Å². The Bertz CT molecular complexity index is 334. The van der Waals surface area contributed by atoms with E-state index in [1.807, 2.05) is 18.2 Å². The summed E-state index contributed by atoms with van der Waals surface area (Å²) in [5.74, 6) is 0.518. The summed E-state index contributed by atoms with van der Waals surface area (Å²) in [6.07, 6.45) is 3.25. The molecule has 3 N–H and O–H groups in total. The lowest BCUT2D eigenvalue weighted by atomic mass is 9.97. The normalized spacial score (nSPS) is 19.9. The van der Waals surface area contributed by atoms with Crippen LogP contribution < -0.4 is 5.73 Å². The first kappa shape index (κ1) is 13.5. The molecule has 1 atom stereocenters. The van der Waals surface area contributed by atoms with Gasteiger partial charge in [-0.25, -0.2) is 0 Å². The smallest absolute Gasteiger partial charge is 0.0460 e. The lowest BCUT2D eigenvalue weighted by molar-refractivity contribution is 0.129. The molecule has 0 aromatic heterocycles. The molecule has 2 rings (SSSR count). The van der Waals surface area contributed by atoms with Crippen LogP contribution in [0.4, 0.5) is 0 Å². The van der Waals surface area contributed by atoms with Crippen molar-refractivity contribution in [2.24, 2.45) is 11.7 Å². The first-order valence-corrected chi connectivity index (χ1v) is 6.93. The molecule has 3 nitrogen and oxygen atoms in total. The lowest BCUT2D eigenvalue weighted by Gasteiger charge is -2.31. The molecule has 0 amide bonds. The van der Waals surface area contributed by atoms with E-state index in [0.29, 0.717) is 12.5 Å². The predicted octanol–water partition coefficient (Wildman–Crippen LogP) is 1.78. The molecule has 0 bridgehead atoms. The molecule has 1 aliphatic heterocycles. The van der Waals surface area contributed by atoms with Crippen molar-refractivity contribution in [3.8, 4) is 0 Å². The van der Waals surface area contributed by atoms with E-state index in [9.17, 15) is 0 Å². The van der Waals surface area contributed by atoms with Gasteiger partial charge in [0.15, 0.2) is 0 Å². The van der Waals surface area contributed by atoms with Gasteiger partial charge in [-0.05, 0) is 50.4 Å². The van der Waals surface area contributed by atoms with Gasteiger partial charge in [-0.3, -0.25) is 0 Å². The second kappa shape index (κ2) is 6.88. The fourth-order valence-electron chi connectivity index (χ4n) is 2.58. The summed E-state index contributed by atoms with van der Waals surface area (Å²) >= 11 is 0. The van der Waals surface area contributed by atoms with Crippen molar-refractivity contribution in [2.75, 3.05) is 26.2 Å². The number of hydrogen-bond acceptors (Lipinski definition) is 3. The van der Waals surface area contributed by atoms with E-state index >= 15 is 0 Å². The Balaban J connectivity index is 1.72. The fraction of sp³-hybridized carbons (Fsp3) is 0.600. The Kier molecular flexibility index (Phi) is 5.17. The predicted molar refractivity (Wildman–Crippen MR) is 74.2 cm³/mol. The molecule has 1 fully saturated rings. The van der Waals surface area contributed by atoms with E-state index in [-0.39, 0.29) is 6.04 Å². The van der Waals surface area contributed by atoms with Crippen LogP contribution in [0.5, 0.6) is 0 Å². The Morgan fingerprint density at radius 2 is 1.89 bits per heavy atom. The third-order valence-electron chi connectivity index (χ3n) is 3.95. The van der Waals surface area contributed by atoms with Crippen molar-refractivity contribution in [3.63, 3.8) is 0 Å². The van der Waals surface area contributed by atoms with Crippen molar-refractivity contribution in [1.29, 1.82) is 0 Å². The van der Waals surface area contributed by atoms with Gasteiger partial charge in [-0.15, -0.1) is 0 Å². The number of aliphatic hydroxyl groups is 1. The molecule has 1 aliphatic rings. The Morgan fingerprint density at radius 3 is 2.50 bits per heavy atom. The highest BCUT2D eigenvalue weighted by atomic mass is 16.3. The molecule has 1 unspecified atom stereocenters. The standard InChI is InChI=1S/C15H24N2O/c16-15(14-4-2-1-3-5-14)8-11-17-9-6-13(12-18)7-10-17/h1-5,13,15,18H,6-12,16H2. The summed E-state index contributed by atoms with van der Waals surface area (Å²) in [5.41, 5.74) is 7.42. The van der Waals surface area contributed by atoms with Gasteiger partial charge in [0.1, 0.15) is 0 Å². The van der Waals surface area contributed by atoms with Crippen LogP contribution in [-0.2, 0) is 0 Å². The topological polar surface area (TPSA) is 49.5 Å². The summed E-state index contributed by atoms with van der Waals surface area (Å²) < 4.78 is 0. The van der Waals surface area contributed by atoms with Gasteiger partial charge in [0.25, 0.3) is 0 Å². The molecule has 0 spiro atoms. The molecule has 1 heterocycles. The van der Waals surface area contributed by atoms with E-state index in [2.05, 4.69) is 17.0 Å². The average Bonchev–Trinajstić information content (AvgIpc) is 2.46. The zero-order chi connectivity index (χ0) is 12.8. The minimum absolute atomic E-state index is 0.141. The van der Waals surface area contributed by atoms with Crippen LogP contribution in [-0.4, -0.2) is 36.2 Å². The highest BCUT2D eigenvalue weighted by molar-refractivity contribution is 5.18. The molecule has 1 aromatic carbocycles. The van der Waals surface area contributed by atoms with Crippen LogP contribution in [0.3, 0.4) is 0 Å². The van der Waals surface area contributed by atoms with Crippen molar-refractivity contribution >= 4 is 0 Å². The molecule has 0 saturated carbocycles. The number of aliphatic hydroxyl groups excluding tert-OH is 1. The summed E-state index contributed by atoms with van der Waals surface area (Å²) in [7, 11) is 0. The first-order chi connectivity index (χ1) is 8.79. The fourth-order valence-corrected chi connectivity index (χ4v) is 2.58. The third kappa shape index (κ3) is 3.80. The van der Waals surface area contributed by atoms with E-state index < -0.39 is 0 Å². The maximum absolute atomic E-state index is 9.11. The van der Waals surface area contributed by atoms with Crippen LogP contribution in [0, 0.1) is 5.92 Å². The zero-order valence-electron chi connectivity index (χ0n) is 11.0. The number of hydrogen-bond donors (Lipinski definition) is 2. The Hall–Kier alpha value is -0.900. The summed E-state index contributed by atoms with van der Waals surface area (Å²) in [6, 6.07) is 10.5. The molecule has 1 aromatic rings. The highest BCUT2D eigenvalue weighted by Gasteiger charge is 2.18. The first-order valence-electron chi connectivity index (χ1n) is 6.93. The van der Waals surface area contributed by atoms with Crippen LogP contribution >= 0.6 is 0 Å². The van der Waals surface area contributed by atoms with E-state index in [1.165, 1.54) is 5.56 Å². The van der Waals surface area contributed by atoms with Crippen molar-refractivity contribution in [1.82, 2.24) is 4.90 Å². The van der Waals surface area contributed by atoms with Crippen LogP contribution in [0.1, 0.15) is 30.9 Å². The van der Waals surface area contributed by atoms with Gasteiger partial charge in [0, 0.05) is 12.6 Å². The van der Waals surface area contributed by atoms with Crippen LogP contribution in [0.25, 0.3) is 0 Å². The monoisotopic (exact) mass is 248 g/mol. The van der Waals surface area contributed by atoms with Crippen LogP contribution in [0.2, 0.25) is 0 Å². The zero-order valence-corrected chi connectivity index (χ0v) is 11.0. The molecule has 0 radical (unpaired) electrons. The van der Waals surface area contributed by atoms with Crippen LogP contribution in [0.15, 0.2) is 30.3 Å². The maximum Gasteiger partial charge on any atom is 0.0460 e. The molecule has 18 heavy (non-hydrogen) atoms. The molecule has 100 valence electrons. The summed E-state index contributed by atoms with van der Waals surface area (Å²) in [5, 5.41) is 9.11. The van der Waals surface area contributed by atoms with Crippen molar-refractivity contribution < 1.29 is 5.11 Å². The Labute approximate surface area is 110 Å². The lowest BCUT2D eigenvalue weighted by Crippen LogP contribution is -2.36. The molecule has 1 saturated heterocycles. The van der Waals surface area contributed by atoms with Gasteiger partial charge < -0.3 is 15.7 Å². The summed E-state index contributed by atoms with van der Waals surface area (Å²) in [4.78, 5) is 2.47. The second-order valence-electron chi connectivity index (χ2n) is 5.27. The number of piperidine rings is 1. The SMILES string of the molecule is NC(CCN1CCC(CO)CC1)c1ccccc1. The quantitative estimate of drug-likeness (QED) is 0.835. The second-order valence-corrected chi connectivity index (χ2v) is 5.27. The Morgan fingerprint density at radius 1 is 1.22 bits per heavy atom. The average molecular weight is 248 g/mol. The molecular weight excluding hydrogens is 224 g/mol. The minimum Gasteiger partial charge on any atom is -0.396 e. The minimum atomic E-state index is 0.141. The van der Waals surface area contributed by atoms with E-state index in [4.69, 9.17) is 10.8 Å². The van der Waals surface area contributed by atoms with Gasteiger partial charge in [0.05, 0.1) is 0 Å². The molecular formula is C15H24N2O. The number of nitrogens with zero attached hydrogens (tertiary/aromatic N) is 1. The van der Waals surface area contributed by atoms with Crippen molar-refractivity contribution in [2.45, 2.75) is 25.3 Å². The number of benzene rings is 1. The number of nitrogens with two attached hydrogens (primary N) is 1. The maximum atomic E-state index is 9.11.